The second-order valence-corrected chi connectivity index (χ2v) is 4.25. The minimum absolute atomic E-state index is 0.0439. The van der Waals surface area contributed by atoms with Crippen LogP contribution in [-0.4, -0.2) is 30.7 Å². The van der Waals surface area contributed by atoms with E-state index in [9.17, 15) is 4.79 Å². The SMILES string of the molecule is O=C(O)c1cc(Oc2nccn3cnnc23)ccc1Cl. The molecule has 0 spiro atoms. The van der Waals surface area contributed by atoms with Crippen LogP contribution in [0.1, 0.15) is 10.4 Å². The third kappa shape index (κ3) is 2.14. The van der Waals surface area contributed by atoms with E-state index in [2.05, 4.69) is 15.2 Å². The predicted octanol–water partition coefficient (Wildman–Crippen LogP) is 2.27. The van der Waals surface area contributed by atoms with Crippen LogP contribution in [-0.2, 0) is 0 Å². The summed E-state index contributed by atoms with van der Waals surface area (Å²) in [5.41, 5.74) is 0.386. The fourth-order valence-corrected chi connectivity index (χ4v) is 1.85. The van der Waals surface area contributed by atoms with Crippen LogP contribution < -0.4 is 4.74 Å². The van der Waals surface area contributed by atoms with Gasteiger partial charge >= 0.3 is 5.97 Å². The van der Waals surface area contributed by atoms with Gasteiger partial charge in [-0.05, 0) is 18.2 Å². The molecule has 0 saturated heterocycles. The zero-order chi connectivity index (χ0) is 14.1. The van der Waals surface area contributed by atoms with Gasteiger partial charge in [-0.15, -0.1) is 10.2 Å². The topological polar surface area (TPSA) is 89.6 Å². The number of halogens is 1. The maximum Gasteiger partial charge on any atom is 0.337 e. The van der Waals surface area contributed by atoms with Crippen molar-refractivity contribution in [2.24, 2.45) is 0 Å². The molecular formula is C12H7ClN4O3. The minimum Gasteiger partial charge on any atom is -0.478 e. The average molecular weight is 291 g/mol. The van der Waals surface area contributed by atoms with Gasteiger partial charge in [0.25, 0.3) is 5.88 Å². The monoisotopic (exact) mass is 290 g/mol. The Morgan fingerprint density at radius 1 is 1.40 bits per heavy atom. The molecule has 0 saturated carbocycles. The lowest BCUT2D eigenvalue weighted by molar-refractivity contribution is 0.0696. The number of carboxylic acids is 1. The van der Waals surface area contributed by atoms with Crippen molar-refractivity contribution in [2.75, 3.05) is 0 Å². The van der Waals surface area contributed by atoms with E-state index in [1.807, 2.05) is 0 Å². The third-order valence-electron chi connectivity index (χ3n) is 2.57. The molecule has 100 valence electrons. The number of carbonyl (C=O) groups is 1. The van der Waals surface area contributed by atoms with Crippen LogP contribution in [0.15, 0.2) is 36.9 Å². The molecule has 1 aromatic carbocycles. The van der Waals surface area contributed by atoms with E-state index >= 15 is 0 Å². The first-order valence-electron chi connectivity index (χ1n) is 5.50. The van der Waals surface area contributed by atoms with E-state index in [0.29, 0.717) is 11.4 Å². The van der Waals surface area contributed by atoms with Gasteiger partial charge in [0, 0.05) is 12.4 Å². The molecule has 0 unspecified atom stereocenters. The quantitative estimate of drug-likeness (QED) is 0.796. The number of carboxylic acid groups (broad SMARTS) is 1. The summed E-state index contributed by atoms with van der Waals surface area (Å²) in [7, 11) is 0. The van der Waals surface area contributed by atoms with Gasteiger partial charge in [-0.3, -0.25) is 4.40 Å². The molecule has 0 aliphatic heterocycles. The van der Waals surface area contributed by atoms with Crippen LogP contribution in [0.4, 0.5) is 0 Å². The highest BCUT2D eigenvalue weighted by atomic mass is 35.5. The van der Waals surface area contributed by atoms with Crippen molar-refractivity contribution < 1.29 is 14.6 Å². The zero-order valence-electron chi connectivity index (χ0n) is 9.89. The standard InChI is InChI=1S/C12H7ClN4O3/c13-9-2-1-7(5-8(9)12(18)19)20-11-10-16-15-6-17(10)4-3-14-11/h1-6H,(H,18,19). The third-order valence-corrected chi connectivity index (χ3v) is 2.90. The van der Waals surface area contributed by atoms with Crippen LogP contribution in [0, 0.1) is 0 Å². The summed E-state index contributed by atoms with van der Waals surface area (Å²) >= 11 is 5.79. The zero-order valence-corrected chi connectivity index (χ0v) is 10.7. The molecule has 0 aliphatic carbocycles. The Morgan fingerprint density at radius 3 is 3.05 bits per heavy atom. The molecule has 7 nitrogen and oxygen atoms in total. The van der Waals surface area contributed by atoms with Gasteiger partial charge in [0.05, 0.1) is 10.6 Å². The Bertz CT molecular complexity index is 802. The van der Waals surface area contributed by atoms with Crippen molar-refractivity contribution in [3.8, 4) is 11.6 Å². The normalized spacial score (nSPS) is 10.7. The predicted molar refractivity (Wildman–Crippen MR) is 69.3 cm³/mol. The summed E-state index contributed by atoms with van der Waals surface area (Å²) in [5.74, 6) is -0.604. The van der Waals surface area contributed by atoms with E-state index in [0.717, 1.165) is 0 Å². The van der Waals surface area contributed by atoms with E-state index in [4.69, 9.17) is 21.4 Å². The van der Waals surface area contributed by atoms with Crippen molar-refractivity contribution in [2.45, 2.75) is 0 Å². The minimum atomic E-state index is -1.13. The molecule has 2 aromatic heterocycles. The van der Waals surface area contributed by atoms with E-state index in [-0.39, 0.29) is 16.5 Å². The number of hydrogen-bond donors (Lipinski definition) is 1. The summed E-state index contributed by atoms with van der Waals surface area (Å²) in [6.07, 6.45) is 4.71. The van der Waals surface area contributed by atoms with Crippen molar-refractivity contribution >= 4 is 23.2 Å². The number of fused-ring (bicyclic) bond motifs is 1. The Balaban J connectivity index is 2.01. The summed E-state index contributed by atoms with van der Waals surface area (Å²) in [6.45, 7) is 0. The molecule has 1 N–H and O–H groups in total. The van der Waals surface area contributed by atoms with Crippen molar-refractivity contribution in [3.63, 3.8) is 0 Å². The summed E-state index contributed by atoms with van der Waals surface area (Å²) in [5, 5.41) is 16.8. The van der Waals surface area contributed by atoms with Crippen LogP contribution >= 0.6 is 11.6 Å². The highest BCUT2D eigenvalue weighted by Crippen LogP contribution is 2.26. The lowest BCUT2D eigenvalue weighted by Gasteiger charge is -2.06. The number of hydrogen-bond acceptors (Lipinski definition) is 5. The Morgan fingerprint density at radius 2 is 2.25 bits per heavy atom. The van der Waals surface area contributed by atoms with Gasteiger partial charge in [-0.25, -0.2) is 9.78 Å². The largest absolute Gasteiger partial charge is 0.478 e. The van der Waals surface area contributed by atoms with Crippen molar-refractivity contribution in [1.82, 2.24) is 19.6 Å². The smallest absolute Gasteiger partial charge is 0.337 e. The number of nitrogens with zero attached hydrogens (tertiary/aromatic N) is 4. The summed E-state index contributed by atoms with van der Waals surface area (Å²) in [4.78, 5) is 15.1. The molecule has 3 aromatic rings. The first-order chi connectivity index (χ1) is 9.65. The van der Waals surface area contributed by atoms with Crippen molar-refractivity contribution in [1.29, 1.82) is 0 Å². The van der Waals surface area contributed by atoms with Crippen LogP contribution in [0.5, 0.6) is 11.6 Å². The fourth-order valence-electron chi connectivity index (χ4n) is 1.65. The van der Waals surface area contributed by atoms with Crippen LogP contribution in [0.2, 0.25) is 5.02 Å². The molecule has 0 bridgehead atoms. The maximum atomic E-state index is 11.0. The number of aromatic nitrogens is 4. The van der Waals surface area contributed by atoms with Crippen LogP contribution in [0.3, 0.4) is 0 Å². The Hall–Kier alpha value is -2.67. The summed E-state index contributed by atoms with van der Waals surface area (Å²) in [6, 6.07) is 4.33. The molecule has 0 radical (unpaired) electrons. The average Bonchev–Trinajstić information content (AvgIpc) is 2.90. The molecule has 0 amide bonds. The fraction of sp³-hybridized carbons (Fsp3) is 0. The van der Waals surface area contributed by atoms with E-state index in [1.165, 1.54) is 24.7 Å². The number of ether oxygens (including phenoxy) is 1. The van der Waals surface area contributed by atoms with Gasteiger partial charge in [-0.2, -0.15) is 0 Å². The lowest BCUT2D eigenvalue weighted by Crippen LogP contribution is -1.99. The molecule has 0 fully saturated rings. The highest BCUT2D eigenvalue weighted by Gasteiger charge is 2.12. The molecule has 8 heteroatoms. The van der Waals surface area contributed by atoms with Gasteiger partial charge in [0.2, 0.25) is 5.65 Å². The molecule has 2 heterocycles. The van der Waals surface area contributed by atoms with Gasteiger partial charge in [0.15, 0.2) is 0 Å². The molecule has 0 atom stereocenters. The summed E-state index contributed by atoms with van der Waals surface area (Å²) < 4.78 is 7.17. The molecule has 3 rings (SSSR count). The second-order valence-electron chi connectivity index (χ2n) is 3.84. The van der Waals surface area contributed by atoms with E-state index in [1.54, 1.807) is 16.7 Å². The second kappa shape index (κ2) is 4.78. The van der Waals surface area contributed by atoms with Gasteiger partial charge in [0.1, 0.15) is 12.1 Å². The molecule has 20 heavy (non-hydrogen) atoms. The Kier molecular flexibility index (Phi) is 2.96. The van der Waals surface area contributed by atoms with Gasteiger partial charge in [-0.1, -0.05) is 11.6 Å². The molecule has 0 aliphatic rings. The van der Waals surface area contributed by atoms with Crippen molar-refractivity contribution in [3.05, 3.63) is 47.5 Å². The van der Waals surface area contributed by atoms with Gasteiger partial charge < -0.3 is 9.84 Å². The number of benzene rings is 1. The van der Waals surface area contributed by atoms with Crippen LogP contribution in [0.25, 0.3) is 5.65 Å². The number of aromatic carboxylic acids is 1. The molecular weight excluding hydrogens is 284 g/mol. The highest BCUT2D eigenvalue weighted by molar-refractivity contribution is 6.33. The Labute approximate surface area is 117 Å². The maximum absolute atomic E-state index is 11.0. The first kappa shape index (κ1) is 12.4. The van der Waals surface area contributed by atoms with E-state index < -0.39 is 5.97 Å². The number of rotatable bonds is 3. The first-order valence-corrected chi connectivity index (χ1v) is 5.88. The lowest BCUT2D eigenvalue weighted by atomic mass is 10.2.